The van der Waals surface area contributed by atoms with Crippen molar-refractivity contribution < 1.29 is 14.3 Å². The SMILES string of the molecule is CC(C)CC(=O)NCCn1c(Sc2cc3c(cc2I)OCCO3)nc2c(N)ncnc21. The molecule has 3 aromatic rings. The van der Waals surface area contributed by atoms with Gasteiger partial charge in [0.15, 0.2) is 33.6 Å². The molecule has 3 heterocycles. The minimum absolute atomic E-state index is 0.0316. The smallest absolute Gasteiger partial charge is 0.220 e. The van der Waals surface area contributed by atoms with Gasteiger partial charge >= 0.3 is 0 Å². The number of nitrogens with one attached hydrogen (secondary N) is 1. The van der Waals surface area contributed by atoms with Gasteiger partial charge in [-0.05, 0) is 40.6 Å². The number of anilines is 1. The molecule has 31 heavy (non-hydrogen) atoms. The first-order valence-electron chi connectivity index (χ1n) is 9.92. The van der Waals surface area contributed by atoms with Gasteiger partial charge in [-0.15, -0.1) is 0 Å². The van der Waals surface area contributed by atoms with Crippen LogP contribution in [0.1, 0.15) is 20.3 Å². The van der Waals surface area contributed by atoms with E-state index in [-0.39, 0.29) is 5.91 Å². The average molecular weight is 554 g/mol. The van der Waals surface area contributed by atoms with Crippen molar-refractivity contribution >= 4 is 57.2 Å². The van der Waals surface area contributed by atoms with Crippen LogP contribution in [0.3, 0.4) is 0 Å². The predicted octanol–water partition coefficient (Wildman–Crippen LogP) is 3.10. The van der Waals surface area contributed by atoms with Crippen molar-refractivity contribution in [2.24, 2.45) is 5.92 Å². The van der Waals surface area contributed by atoms with Gasteiger partial charge in [-0.2, -0.15) is 0 Å². The quantitative estimate of drug-likeness (QED) is 0.428. The molecule has 0 bridgehead atoms. The molecular formula is C20H23IN6O3S. The van der Waals surface area contributed by atoms with E-state index in [1.165, 1.54) is 18.1 Å². The van der Waals surface area contributed by atoms with Crippen LogP contribution in [-0.4, -0.2) is 45.2 Å². The third-order valence-electron chi connectivity index (χ3n) is 4.57. The van der Waals surface area contributed by atoms with E-state index in [1.54, 1.807) is 0 Å². The lowest BCUT2D eigenvalue weighted by Crippen LogP contribution is -2.28. The van der Waals surface area contributed by atoms with Gasteiger partial charge in [0.25, 0.3) is 0 Å². The number of amides is 1. The second kappa shape index (κ2) is 9.47. The zero-order chi connectivity index (χ0) is 22.0. The van der Waals surface area contributed by atoms with Crippen LogP contribution in [0.25, 0.3) is 11.2 Å². The van der Waals surface area contributed by atoms with Crippen LogP contribution < -0.4 is 20.5 Å². The Bertz CT molecular complexity index is 1120. The summed E-state index contributed by atoms with van der Waals surface area (Å²) in [7, 11) is 0. The molecular weight excluding hydrogens is 531 g/mol. The number of ether oxygens (including phenoxy) is 2. The highest BCUT2D eigenvalue weighted by Gasteiger charge is 2.20. The number of rotatable bonds is 7. The normalized spacial score (nSPS) is 13.0. The van der Waals surface area contributed by atoms with E-state index in [2.05, 4.69) is 37.9 Å². The van der Waals surface area contributed by atoms with Crippen LogP contribution in [0.2, 0.25) is 0 Å². The van der Waals surface area contributed by atoms with E-state index in [4.69, 9.17) is 20.2 Å². The van der Waals surface area contributed by atoms with Gasteiger partial charge in [0.1, 0.15) is 19.5 Å². The van der Waals surface area contributed by atoms with E-state index in [0.717, 1.165) is 25.1 Å². The molecule has 0 unspecified atom stereocenters. The lowest BCUT2D eigenvalue weighted by Gasteiger charge is -2.19. The van der Waals surface area contributed by atoms with Gasteiger partial charge in [-0.25, -0.2) is 15.0 Å². The highest BCUT2D eigenvalue weighted by molar-refractivity contribution is 14.1. The highest BCUT2D eigenvalue weighted by atomic mass is 127. The van der Waals surface area contributed by atoms with E-state index < -0.39 is 0 Å². The Kier molecular flexibility index (Phi) is 6.70. The number of nitrogen functional groups attached to an aromatic ring is 1. The molecule has 0 fully saturated rings. The van der Waals surface area contributed by atoms with Crippen LogP contribution in [-0.2, 0) is 11.3 Å². The number of aromatic nitrogens is 4. The largest absolute Gasteiger partial charge is 0.486 e. The fourth-order valence-corrected chi connectivity index (χ4v) is 4.90. The van der Waals surface area contributed by atoms with Crippen molar-refractivity contribution in [2.75, 3.05) is 25.5 Å². The number of hydrogen-bond acceptors (Lipinski definition) is 8. The van der Waals surface area contributed by atoms with Gasteiger partial charge in [0.05, 0.1) is 0 Å². The van der Waals surface area contributed by atoms with Gasteiger partial charge in [-0.1, -0.05) is 25.6 Å². The first kappa shape index (κ1) is 21.9. The maximum atomic E-state index is 12.0. The third kappa shape index (κ3) is 4.97. The lowest BCUT2D eigenvalue weighted by molar-refractivity contribution is -0.121. The monoisotopic (exact) mass is 554 g/mol. The fourth-order valence-electron chi connectivity index (χ4n) is 3.19. The number of hydrogen-bond donors (Lipinski definition) is 2. The number of fused-ring (bicyclic) bond motifs is 2. The maximum absolute atomic E-state index is 12.0. The van der Waals surface area contributed by atoms with Crippen LogP contribution >= 0.6 is 34.4 Å². The minimum Gasteiger partial charge on any atom is -0.486 e. The molecule has 0 atom stereocenters. The number of imidazole rings is 1. The summed E-state index contributed by atoms with van der Waals surface area (Å²) in [5, 5.41) is 3.68. The van der Waals surface area contributed by atoms with E-state index >= 15 is 0 Å². The molecule has 164 valence electrons. The summed E-state index contributed by atoms with van der Waals surface area (Å²) < 4.78 is 14.4. The van der Waals surface area contributed by atoms with E-state index in [0.29, 0.717) is 55.6 Å². The summed E-state index contributed by atoms with van der Waals surface area (Å²) in [4.78, 5) is 26.2. The Morgan fingerprint density at radius 3 is 2.77 bits per heavy atom. The number of carbonyl (C=O) groups excluding carboxylic acids is 1. The first-order valence-corrected chi connectivity index (χ1v) is 11.8. The van der Waals surface area contributed by atoms with Crippen LogP contribution in [0.15, 0.2) is 28.5 Å². The molecule has 1 aliphatic rings. The van der Waals surface area contributed by atoms with Crippen molar-refractivity contribution in [3.05, 3.63) is 22.0 Å². The average Bonchev–Trinajstić information content (AvgIpc) is 3.07. The summed E-state index contributed by atoms with van der Waals surface area (Å²) in [6.45, 7) is 6.09. The van der Waals surface area contributed by atoms with Gasteiger partial charge in [0.2, 0.25) is 5.91 Å². The fraction of sp³-hybridized carbons (Fsp3) is 0.400. The zero-order valence-corrected chi connectivity index (χ0v) is 20.2. The Hall–Kier alpha value is -2.28. The molecule has 0 saturated heterocycles. The zero-order valence-electron chi connectivity index (χ0n) is 17.2. The molecule has 0 saturated carbocycles. The number of carbonyl (C=O) groups is 1. The summed E-state index contributed by atoms with van der Waals surface area (Å²) in [6, 6.07) is 3.93. The molecule has 1 amide bonds. The van der Waals surface area contributed by atoms with Crippen LogP contribution in [0, 0.1) is 9.49 Å². The standard InChI is InChI=1S/C20H23IN6O3S/c1-11(2)7-16(28)23-3-4-27-19-17(18(22)24-10-25-19)26-20(27)31-15-9-14-13(8-12(15)21)29-5-6-30-14/h8-11H,3-7H2,1-2H3,(H,23,28)(H2,22,24,25). The molecule has 11 heteroatoms. The minimum atomic E-state index is 0.0316. The predicted molar refractivity (Wildman–Crippen MR) is 126 cm³/mol. The van der Waals surface area contributed by atoms with Crippen LogP contribution in [0.5, 0.6) is 11.5 Å². The first-order chi connectivity index (χ1) is 14.9. The van der Waals surface area contributed by atoms with Crippen molar-refractivity contribution in [1.82, 2.24) is 24.8 Å². The molecule has 4 rings (SSSR count). The molecule has 3 N–H and O–H groups in total. The van der Waals surface area contributed by atoms with Gasteiger partial charge in [0, 0.05) is 28.0 Å². The highest BCUT2D eigenvalue weighted by Crippen LogP contribution is 2.40. The maximum Gasteiger partial charge on any atom is 0.220 e. The summed E-state index contributed by atoms with van der Waals surface area (Å²) in [5.74, 6) is 2.13. The summed E-state index contributed by atoms with van der Waals surface area (Å²) in [6.07, 6.45) is 1.92. The van der Waals surface area contributed by atoms with E-state index in [9.17, 15) is 4.79 Å². The molecule has 0 radical (unpaired) electrons. The molecule has 0 spiro atoms. The van der Waals surface area contributed by atoms with Gasteiger partial charge < -0.3 is 25.1 Å². The number of halogens is 1. The lowest BCUT2D eigenvalue weighted by atomic mass is 10.1. The topological polar surface area (TPSA) is 117 Å². The van der Waals surface area contributed by atoms with E-state index in [1.807, 2.05) is 30.5 Å². The third-order valence-corrected chi connectivity index (χ3v) is 6.88. The Balaban J connectivity index is 1.62. The van der Waals surface area contributed by atoms with Crippen LogP contribution in [0.4, 0.5) is 5.82 Å². The van der Waals surface area contributed by atoms with Crippen molar-refractivity contribution in [1.29, 1.82) is 0 Å². The van der Waals surface area contributed by atoms with Crippen molar-refractivity contribution in [3.8, 4) is 11.5 Å². The number of nitrogens with zero attached hydrogens (tertiary/aromatic N) is 4. The number of nitrogens with two attached hydrogens (primary N) is 1. The van der Waals surface area contributed by atoms with Gasteiger partial charge in [-0.3, -0.25) is 4.79 Å². The molecule has 1 aromatic carbocycles. The molecule has 9 nitrogen and oxygen atoms in total. The Labute approximate surface area is 197 Å². The molecule has 2 aromatic heterocycles. The molecule has 1 aliphatic heterocycles. The second-order valence-electron chi connectivity index (χ2n) is 7.45. The Morgan fingerprint density at radius 1 is 1.29 bits per heavy atom. The van der Waals surface area contributed by atoms with Crippen molar-refractivity contribution in [3.63, 3.8) is 0 Å². The number of benzene rings is 1. The summed E-state index contributed by atoms with van der Waals surface area (Å²) >= 11 is 3.77. The summed E-state index contributed by atoms with van der Waals surface area (Å²) in [5.41, 5.74) is 7.23. The molecule has 0 aliphatic carbocycles. The Morgan fingerprint density at radius 2 is 2.03 bits per heavy atom. The van der Waals surface area contributed by atoms with Crippen molar-refractivity contribution in [2.45, 2.75) is 36.9 Å². The second-order valence-corrected chi connectivity index (χ2v) is 9.62.